The number of rotatable bonds is 4. The fraction of sp³-hybridized carbons (Fsp3) is 0.333. The van der Waals surface area contributed by atoms with Crippen molar-refractivity contribution >= 4 is 34.2 Å². The predicted molar refractivity (Wildman–Crippen MR) is 88.8 cm³/mol. The van der Waals surface area contributed by atoms with E-state index < -0.39 is 0 Å². The minimum atomic E-state index is 0.0190. The van der Waals surface area contributed by atoms with Crippen LogP contribution in [-0.4, -0.2) is 15.7 Å². The van der Waals surface area contributed by atoms with Crippen LogP contribution in [0.5, 0.6) is 0 Å². The summed E-state index contributed by atoms with van der Waals surface area (Å²) in [6, 6.07) is 6.00. The smallest absolute Gasteiger partial charge is 0.226 e. The van der Waals surface area contributed by atoms with Gasteiger partial charge >= 0.3 is 0 Å². The molecular formula is C15H18IN3O. The summed E-state index contributed by atoms with van der Waals surface area (Å²) < 4.78 is 2.94. The van der Waals surface area contributed by atoms with Crippen LogP contribution < -0.4 is 5.32 Å². The zero-order chi connectivity index (χ0) is 14.7. The van der Waals surface area contributed by atoms with E-state index in [0.717, 1.165) is 26.1 Å². The first-order valence-corrected chi connectivity index (χ1v) is 7.61. The van der Waals surface area contributed by atoms with E-state index >= 15 is 0 Å². The molecular weight excluding hydrogens is 365 g/mol. The highest BCUT2D eigenvalue weighted by atomic mass is 127. The number of hydrogen-bond donors (Lipinski definition) is 1. The zero-order valence-corrected chi connectivity index (χ0v) is 14.1. The summed E-state index contributed by atoms with van der Waals surface area (Å²) in [4.78, 5) is 12.0. The normalized spacial score (nSPS) is 10.6. The van der Waals surface area contributed by atoms with E-state index in [4.69, 9.17) is 0 Å². The average molecular weight is 383 g/mol. The molecule has 1 heterocycles. The van der Waals surface area contributed by atoms with E-state index in [0.29, 0.717) is 13.0 Å². The van der Waals surface area contributed by atoms with Gasteiger partial charge in [0.25, 0.3) is 0 Å². The van der Waals surface area contributed by atoms with Crippen molar-refractivity contribution in [3.8, 4) is 0 Å². The number of nitrogens with zero attached hydrogens (tertiary/aromatic N) is 2. The number of nitrogens with one attached hydrogen (secondary N) is 1. The molecule has 2 aromatic rings. The van der Waals surface area contributed by atoms with Gasteiger partial charge in [-0.05, 0) is 54.5 Å². The standard InChI is InChI=1S/C15H18IN3O/c1-10-5-4-6-11(2)15(10)17-14(20)7-8-19-9-13(16)12(3)18-19/h4-6,9H,7-8H2,1-3H3,(H,17,20). The Kier molecular flexibility index (Phi) is 4.80. The number of aryl methyl sites for hydroxylation is 4. The van der Waals surface area contributed by atoms with Crippen LogP contribution in [0.1, 0.15) is 23.2 Å². The van der Waals surface area contributed by atoms with E-state index in [2.05, 4.69) is 33.0 Å². The summed E-state index contributed by atoms with van der Waals surface area (Å²) in [5.74, 6) is 0.0190. The van der Waals surface area contributed by atoms with Crippen molar-refractivity contribution in [1.82, 2.24) is 9.78 Å². The lowest BCUT2D eigenvalue weighted by Gasteiger charge is -2.11. The van der Waals surface area contributed by atoms with Crippen LogP contribution in [0.4, 0.5) is 5.69 Å². The Morgan fingerprint density at radius 2 is 1.95 bits per heavy atom. The fourth-order valence-electron chi connectivity index (χ4n) is 2.04. The lowest BCUT2D eigenvalue weighted by Crippen LogP contribution is -2.16. The fourth-order valence-corrected chi connectivity index (χ4v) is 2.47. The molecule has 0 spiro atoms. The molecule has 5 heteroatoms. The van der Waals surface area contributed by atoms with E-state index in [1.165, 1.54) is 0 Å². The molecule has 1 N–H and O–H groups in total. The number of halogens is 1. The Labute approximate surface area is 132 Å². The highest BCUT2D eigenvalue weighted by Gasteiger charge is 2.08. The molecule has 0 aliphatic rings. The van der Waals surface area contributed by atoms with Crippen molar-refractivity contribution in [3.05, 3.63) is 44.8 Å². The molecule has 0 aliphatic heterocycles. The zero-order valence-electron chi connectivity index (χ0n) is 11.9. The van der Waals surface area contributed by atoms with Gasteiger partial charge in [0.2, 0.25) is 5.91 Å². The van der Waals surface area contributed by atoms with Crippen LogP contribution in [0.25, 0.3) is 0 Å². The third kappa shape index (κ3) is 3.59. The first-order valence-electron chi connectivity index (χ1n) is 6.53. The van der Waals surface area contributed by atoms with E-state index in [1.807, 2.05) is 49.8 Å². The molecule has 20 heavy (non-hydrogen) atoms. The van der Waals surface area contributed by atoms with Gasteiger partial charge in [0.1, 0.15) is 0 Å². The van der Waals surface area contributed by atoms with Gasteiger partial charge in [-0.15, -0.1) is 0 Å². The van der Waals surface area contributed by atoms with Crippen LogP contribution in [0.2, 0.25) is 0 Å². The molecule has 1 aromatic heterocycles. The van der Waals surface area contributed by atoms with Gasteiger partial charge in [-0.25, -0.2) is 0 Å². The number of carbonyl (C=O) groups excluding carboxylic acids is 1. The number of aromatic nitrogens is 2. The highest BCUT2D eigenvalue weighted by molar-refractivity contribution is 14.1. The first kappa shape index (κ1) is 15.0. The molecule has 0 saturated carbocycles. The van der Waals surface area contributed by atoms with Crippen molar-refractivity contribution in [1.29, 1.82) is 0 Å². The van der Waals surface area contributed by atoms with Gasteiger partial charge in [0, 0.05) is 24.8 Å². The summed E-state index contributed by atoms with van der Waals surface area (Å²) >= 11 is 2.25. The molecule has 1 amide bonds. The largest absolute Gasteiger partial charge is 0.326 e. The summed E-state index contributed by atoms with van der Waals surface area (Å²) in [6.07, 6.45) is 2.38. The lowest BCUT2D eigenvalue weighted by atomic mass is 10.1. The number of anilines is 1. The van der Waals surface area contributed by atoms with Gasteiger partial charge in [-0.2, -0.15) is 5.10 Å². The maximum atomic E-state index is 12.0. The predicted octanol–water partition coefficient (Wildman–Crippen LogP) is 3.44. The number of carbonyl (C=O) groups is 1. The third-order valence-electron chi connectivity index (χ3n) is 3.20. The van der Waals surface area contributed by atoms with E-state index in [9.17, 15) is 4.79 Å². The third-order valence-corrected chi connectivity index (χ3v) is 4.26. The molecule has 4 nitrogen and oxygen atoms in total. The maximum Gasteiger partial charge on any atom is 0.226 e. The summed E-state index contributed by atoms with van der Waals surface area (Å²) in [5, 5.41) is 7.34. The van der Waals surface area contributed by atoms with Gasteiger partial charge < -0.3 is 5.32 Å². The minimum Gasteiger partial charge on any atom is -0.326 e. The lowest BCUT2D eigenvalue weighted by molar-refractivity contribution is -0.116. The van der Waals surface area contributed by atoms with Crippen molar-refractivity contribution in [2.24, 2.45) is 0 Å². The second-order valence-corrected chi connectivity index (χ2v) is 6.05. The molecule has 0 saturated heterocycles. The van der Waals surface area contributed by atoms with Crippen LogP contribution in [-0.2, 0) is 11.3 Å². The molecule has 1 aromatic carbocycles. The number of benzene rings is 1. The molecule has 0 unspecified atom stereocenters. The van der Waals surface area contributed by atoms with Gasteiger partial charge in [-0.3, -0.25) is 9.48 Å². The number of para-hydroxylation sites is 1. The van der Waals surface area contributed by atoms with E-state index in [1.54, 1.807) is 0 Å². The van der Waals surface area contributed by atoms with Crippen molar-refractivity contribution < 1.29 is 4.79 Å². The molecule has 0 bridgehead atoms. The quantitative estimate of drug-likeness (QED) is 0.823. The average Bonchev–Trinajstić information content (AvgIpc) is 2.71. The molecule has 0 aliphatic carbocycles. The van der Waals surface area contributed by atoms with Crippen molar-refractivity contribution in [2.45, 2.75) is 33.7 Å². The SMILES string of the molecule is Cc1cccc(C)c1NC(=O)CCn1cc(I)c(C)n1. The molecule has 0 fully saturated rings. The second kappa shape index (κ2) is 6.39. The topological polar surface area (TPSA) is 46.9 Å². The highest BCUT2D eigenvalue weighted by Crippen LogP contribution is 2.19. The molecule has 106 valence electrons. The Bertz CT molecular complexity index is 594. The molecule has 2 rings (SSSR count). The first-order chi connectivity index (χ1) is 9.47. The molecule has 0 radical (unpaired) electrons. The molecule has 0 atom stereocenters. The number of hydrogen-bond acceptors (Lipinski definition) is 2. The van der Waals surface area contributed by atoms with Gasteiger partial charge in [0.15, 0.2) is 0 Å². The van der Waals surface area contributed by atoms with E-state index in [-0.39, 0.29) is 5.91 Å². The van der Waals surface area contributed by atoms with Crippen LogP contribution in [0.3, 0.4) is 0 Å². The van der Waals surface area contributed by atoms with Gasteiger partial charge in [-0.1, -0.05) is 18.2 Å². The Morgan fingerprint density at radius 3 is 2.50 bits per heavy atom. The summed E-state index contributed by atoms with van der Waals surface area (Å²) in [7, 11) is 0. The van der Waals surface area contributed by atoms with Crippen LogP contribution in [0, 0.1) is 24.3 Å². The Balaban J connectivity index is 1.96. The van der Waals surface area contributed by atoms with Crippen molar-refractivity contribution in [3.63, 3.8) is 0 Å². The van der Waals surface area contributed by atoms with Gasteiger partial charge in [0.05, 0.1) is 9.26 Å². The minimum absolute atomic E-state index is 0.0190. The number of amides is 1. The maximum absolute atomic E-state index is 12.0. The monoisotopic (exact) mass is 383 g/mol. The van der Waals surface area contributed by atoms with Crippen LogP contribution in [0.15, 0.2) is 24.4 Å². The Hall–Kier alpha value is -1.37. The second-order valence-electron chi connectivity index (χ2n) is 4.89. The Morgan fingerprint density at radius 1 is 1.30 bits per heavy atom. The summed E-state index contributed by atoms with van der Waals surface area (Å²) in [6.45, 7) is 6.57. The van der Waals surface area contributed by atoms with Crippen LogP contribution >= 0.6 is 22.6 Å². The van der Waals surface area contributed by atoms with Crippen molar-refractivity contribution in [2.75, 3.05) is 5.32 Å². The summed E-state index contributed by atoms with van der Waals surface area (Å²) in [5.41, 5.74) is 4.09.